The van der Waals surface area contributed by atoms with Crippen LogP contribution in [0.1, 0.15) is 23.6 Å². The van der Waals surface area contributed by atoms with Gasteiger partial charge >= 0.3 is 12.0 Å². The molecular weight excluding hydrogens is 367 g/mol. The van der Waals surface area contributed by atoms with Crippen molar-refractivity contribution in [1.82, 2.24) is 4.90 Å². The Bertz CT molecular complexity index is 885. The van der Waals surface area contributed by atoms with Crippen molar-refractivity contribution in [3.05, 3.63) is 53.3 Å². The van der Waals surface area contributed by atoms with Crippen molar-refractivity contribution >= 4 is 17.7 Å². The first-order valence-electron chi connectivity index (χ1n) is 8.72. The Morgan fingerprint density at radius 3 is 2.43 bits per heavy atom. The first kappa shape index (κ1) is 19.5. The smallest absolute Gasteiger partial charge is 0.322 e. The lowest BCUT2D eigenvalue weighted by Gasteiger charge is -2.37. The molecule has 0 aliphatic carbocycles. The number of amides is 2. The van der Waals surface area contributed by atoms with Crippen LogP contribution < -0.4 is 14.8 Å². The highest BCUT2D eigenvalue weighted by Gasteiger charge is 2.33. The van der Waals surface area contributed by atoms with Crippen LogP contribution in [-0.2, 0) is 11.2 Å². The molecule has 1 aliphatic rings. The summed E-state index contributed by atoms with van der Waals surface area (Å²) in [6, 6.07) is 7.81. The molecule has 2 aromatic carbocycles. The predicted molar refractivity (Wildman–Crippen MR) is 100 cm³/mol. The topological polar surface area (TPSA) is 88.1 Å². The van der Waals surface area contributed by atoms with Gasteiger partial charge in [0.05, 0.1) is 26.7 Å². The van der Waals surface area contributed by atoms with Gasteiger partial charge in [0.15, 0.2) is 11.5 Å². The summed E-state index contributed by atoms with van der Waals surface area (Å²) in [6.07, 6.45) is 0.294. The Balaban J connectivity index is 1.92. The van der Waals surface area contributed by atoms with Crippen LogP contribution in [0.3, 0.4) is 0 Å². The monoisotopic (exact) mass is 388 g/mol. The largest absolute Gasteiger partial charge is 0.493 e. The maximum Gasteiger partial charge on any atom is 0.322 e. The van der Waals surface area contributed by atoms with Crippen molar-refractivity contribution in [3.63, 3.8) is 0 Å². The molecule has 7 nitrogen and oxygen atoms in total. The lowest BCUT2D eigenvalue weighted by molar-refractivity contribution is -0.138. The number of halogens is 1. The molecule has 0 fully saturated rings. The van der Waals surface area contributed by atoms with Crippen LogP contribution in [-0.4, -0.2) is 42.8 Å². The van der Waals surface area contributed by atoms with Crippen LogP contribution in [0.15, 0.2) is 36.4 Å². The fourth-order valence-corrected chi connectivity index (χ4v) is 3.39. The summed E-state index contributed by atoms with van der Waals surface area (Å²) in [5, 5.41) is 12.1. The van der Waals surface area contributed by atoms with E-state index in [1.807, 2.05) is 6.07 Å². The molecule has 148 valence electrons. The molecular formula is C20H21FN2O5. The number of carbonyl (C=O) groups is 2. The van der Waals surface area contributed by atoms with Gasteiger partial charge in [-0.15, -0.1) is 0 Å². The number of anilines is 1. The number of aliphatic carboxylic acids is 1. The number of hydrogen-bond acceptors (Lipinski definition) is 4. The number of fused-ring (bicyclic) bond motifs is 1. The van der Waals surface area contributed by atoms with Gasteiger partial charge in [0.1, 0.15) is 5.82 Å². The summed E-state index contributed by atoms with van der Waals surface area (Å²) in [4.78, 5) is 25.7. The van der Waals surface area contributed by atoms with Crippen molar-refractivity contribution in [2.24, 2.45) is 0 Å². The number of hydrogen-bond donors (Lipinski definition) is 2. The van der Waals surface area contributed by atoms with Gasteiger partial charge in [-0.1, -0.05) is 0 Å². The van der Waals surface area contributed by atoms with E-state index >= 15 is 0 Å². The summed E-state index contributed by atoms with van der Waals surface area (Å²) in [5.41, 5.74) is 2.05. The molecule has 0 saturated heterocycles. The summed E-state index contributed by atoms with van der Waals surface area (Å²) in [7, 11) is 3.03. The highest BCUT2D eigenvalue weighted by Crippen LogP contribution is 2.39. The van der Waals surface area contributed by atoms with E-state index in [4.69, 9.17) is 9.47 Å². The van der Waals surface area contributed by atoms with E-state index in [2.05, 4.69) is 5.32 Å². The molecule has 8 heteroatoms. The highest BCUT2D eigenvalue weighted by atomic mass is 19.1. The maximum absolute atomic E-state index is 13.1. The predicted octanol–water partition coefficient (Wildman–Crippen LogP) is 3.45. The van der Waals surface area contributed by atoms with Crippen molar-refractivity contribution in [2.75, 3.05) is 26.1 Å². The highest BCUT2D eigenvalue weighted by molar-refractivity contribution is 5.90. The summed E-state index contributed by atoms with van der Waals surface area (Å²) in [5.74, 6) is -0.404. The molecule has 3 rings (SSSR count). The molecule has 2 aromatic rings. The lowest BCUT2D eigenvalue weighted by atomic mass is 9.90. The number of rotatable bonds is 5. The second-order valence-electron chi connectivity index (χ2n) is 6.40. The lowest BCUT2D eigenvalue weighted by Crippen LogP contribution is -2.43. The Morgan fingerprint density at radius 1 is 1.18 bits per heavy atom. The van der Waals surface area contributed by atoms with Crippen LogP contribution in [0.4, 0.5) is 14.9 Å². The maximum atomic E-state index is 13.1. The second-order valence-corrected chi connectivity index (χ2v) is 6.40. The fraction of sp³-hybridized carbons (Fsp3) is 0.300. The zero-order valence-corrected chi connectivity index (χ0v) is 15.6. The van der Waals surface area contributed by atoms with Gasteiger partial charge in [0.2, 0.25) is 0 Å². The fourth-order valence-electron chi connectivity index (χ4n) is 3.39. The van der Waals surface area contributed by atoms with E-state index in [9.17, 15) is 19.1 Å². The first-order chi connectivity index (χ1) is 13.4. The van der Waals surface area contributed by atoms with Gasteiger partial charge in [0, 0.05) is 12.2 Å². The van der Waals surface area contributed by atoms with Gasteiger partial charge in [-0.2, -0.15) is 0 Å². The standard InChI is InChI=1S/C20H21FN2O5/c1-27-17-9-12-7-8-23(20(26)22-14-5-3-13(21)4-6-14)16(11-19(24)25)15(12)10-18(17)28-2/h3-6,9-10,16H,7-8,11H2,1-2H3,(H,22,26)(H,24,25). The molecule has 0 aromatic heterocycles. The molecule has 1 unspecified atom stereocenters. The van der Waals surface area contributed by atoms with Gasteiger partial charge in [-0.3, -0.25) is 4.79 Å². The quantitative estimate of drug-likeness (QED) is 0.819. The third-order valence-corrected chi connectivity index (χ3v) is 4.73. The molecule has 1 aliphatic heterocycles. The number of nitrogens with zero attached hydrogens (tertiary/aromatic N) is 1. The number of ether oxygens (including phenoxy) is 2. The van der Waals surface area contributed by atoms with Gasteiger partial charge in [-0.25, -0.2) is 9.18 Å². The van der Waals surface area contributed by atoms with Gasteiger partial charge < -0.3 is 24.8 Å². The molecule has 0 saturated carbocycles. The molecule has 2 N–H and O–H groups in total. The normalized spacial score (nSPS) is 15.5. The molecule has 0 bridgehead atoms. The molecule has 2 amide bonds. The summed E-state index contributed by atoms with van der Waals surface area (Å²) >= 11 is 0. The molecule has 0 radical (unpaired) electrons. The zero-order chi connectivity index (χ0) is 20.3. The number of carbonyl (C=O) groups excluding carboxylic acids is 1. The number of methoxy groups -OCH3 is 2. The Kier molecular flexibility index (Phi) is 5.67. The number of urea groups is 1. The summed E-state index contributed by atoms with van der Waals surface area (Å²) in [6.45, 7) is 0.341. The third kappa shape index (κ3) is 4.00. The number of carboxylic acid groups (broad SMARTS) is 1. The van der Waals surface area contributed by atoms with E-state index in [-0.39, 0.29) is 6.42 Å². The van der Waals surface area contributed by atoms with Gasteiger partial charge in [-0.05, 0) is 53.9 Å². The molecule has 0 spiro atoms. The number of benzene rings is 2. The van der Waals surface area contributed by atoms with Crippen LogP contribution in [0.2, 0.25) is 0 Å². The molecule has 28 heavy (non-hydrogen) atoms. The Morgan fingerprint density at radius 2 is 1.82 bits per heavy atom. The zero-order valence-electron chi connectivity index (χ0n) is 15.6. The SMILES string of the molecule is COc1cc2c(cc1OC)C(CC(=O)O)N(C(=O)Nc1ccc(F)cc1)CC2. The van der Waals surface area contributed by atoms with Crippen molar-refractivity contribution in [2.45, 2.75) is 18.9 Å². The average molecular weight is 388 g/mol. The Hall–Kier alpha value is -3.29. The van der Waals surface area contributed by atoms with E-state index in [1.54, 1.807) is 6.07 Å². The van der Waals surface area contributed by atoms with Crippen molar-refractivity contribution in [3.8, 4) is 11.5 Å². The van der Waals surface area contributed by atoms with Gasteiger partial charge in [0.25, 0.3) is 0 Å². The van der Waals surface area contributed by atoms with Crippen LogP contribution in [0, 0.1) is 5.82 Å². The van der Waals surface area contributed by atoms with E-state index < -0.39 is 23.9 Å². The third-order valence-electron chi connectivity index (χ3n) is 4.73. The van der Waals surface area contributed by atoms with Crippen molar-refractivity contribution in [1.29, 1.82) is 0 Å². The average Bonchev–Trinajstić information content (AvgIpc) is 2.68. The second kappa shape index (κ2) is 8.16. The van der Waals surface area contributed by atoms with E-state index in [0.717, 1.165) is 5.56 Å². The van der Waals surface area contributed by atoms with Crippen LogP contribution >= 0.6 is 0 Å². The Labute approximate surface area is 161 Å². The van der Waals surface area contributed by atoms with E-state index in [1.165, 1.54) is 43.4 Å². The minimum Gasteiger partial charge on any atom is -0.493 e. The minimum atomic E-state index is -1.02. The minimum absolute atomic E-state index is 0.251. The van der Waals surface area contributed by atoms with E-state index in [0.29, 0.717) is 35.7 Å². The van der Waals surface area contributed by atoms with Crippen LogP contribution in [0.25, 0.3) is 0 Å². The van der Waals surface area contributed by atoms with Crippen LogP contribution in [0.5, 0.6) is 11.5 Å². The molecule has 1 heterocycles. The summed E-state index contributed by atoms with van der Waals surface area (Å²) < 4.78 is 23.7. The number of carboxylic acids is 1. The number of nitrogens with one attached hydrogen (secondary N) is 1. The first-order valence-corrected chi connectivity index (χ1v) is 8.72. The van der Waals surface area contributed by atoms with Crippen molar-refractivity contribution < 1.29 is 28.6 Å². The molecule has 1 atom stereocenters.